The van der Waals surface area contributed by atoms with E-state index < -0.39 is 11.1 Å². The van der Waals surface area contributed by atoms with Crippen LogP contribution < -0.4 is 24.8 Å². The summed E-state index contributed by atoms with van der Waals surface area (Å²) in [7, 11) is 0. The number of halogens is 4. The normalized spacial score (nSPS) is 12.1. The van der Waals surface area contributed by atoms with Crippen LogP contribution in [0.15, 0.2) is 60.7 Å². The molecule has 0 spiro atoms. The van der Waals surface area contributed by atoms with Crippen LogP contribution >= 0.6 is 23.2 Å². The summed E-state index contributed by atoms with van der Waals surface area (Å²) < 4.78 is 5.59. The SMILES string of the molecule is ClC(Cc1ccccc1)OC(Cl)Cc1ccccc1.[Cl-].[Cl-].[Mg+2]. The van der Waals surface area contributed by atoms with Gasteiger partial charge in [0.2, 0.25) is 0 Å². The molecule has 2 rings (SSSR count). The Hall–Kier alpha value is 0.326. The Labute approximate surface area is 170 Å². The van der Waals surface area contributed by atoms with E-state index in [2.05, 4.69) is 0 Å². The zero-order valence-electron chi connectivity index (χ0n) is 12.0. The Kier molecular flexibility index (Phi) is 15.3. The summed E-state index contributed by atoms with van der Waals surface area (Å²) in [6.45, 7) is 0. The third-order valence-corrected chi connectivity index (χ3v) is 3.29. The molecule has 0 aromatic heterocycles. The summed E-state index contributed by atoms with van der Waals surface area (Å²) in [5, 5.41) is 0. The second-order valence-electron chi connectivity index (χ2n) is 4.34. The van der Waals surface area contributed by atoms with Crippen molar-refractivity contribution in [3.8, 4) is 0 Å². The molecule has 0 aliphatic heterocycles. The topological polar surface area (TPSA) is 9.23 Å². The minimum absolute atomic E-state index is 0. The van der Waals surface area contributed by atoms with E-state index >= 15 is 0 Å². The predicted molar refractivity (Wildman–Crippen MR) is 86.4 cm³/mol. The maximum atomic E-state index is 6.17. The van der Waals surface area contributed by atoms with E-state index in [4.69, 9.17) is 27.9 Å². The fourth-order valence-corrected chi connectivity index (χ4v) is 2.51. The first kappa shape index (κ1) is 24.6. The zero-order valence-corrected chi connectivity index (χ0v) is 16.4. The summed E-state index contributed by atoms with van der Waals surface area (Å²) in [6.07, 6.45) is 1.31. The Bertz CT molecular complexity index is 439. The van der Waals surface area contributed by atoms with Gasteiger partial charge in [0.05, 0.1) is 0 Å². The maximum Gasteiger partial charge on any atom is 2.00 e. The monoisotopic (exact) mass is 388 g/mol. The smallest absolute Gasteiger partial charge is 1.00 e. The fourth-order valence-electron chi connectivity index (χ4n) is 1.86. The van der Waals surface area contributed by atoms with Gasteiger partial charge in [0, 0.05) is 12.8 Å². The molecule has 2 unspecified atom stereocenters. The third-order valence-electron chi connectivity index (χ3n) is 2.77. The molecule has 0 bridgehead atoms. The summed E-state index contributed by atoms with van der Waals surface area (Å²) in [5.41, 5.74) is 1.47. The van der Waals surface area contributed by atoms with Crippen LogP contribution in [0, 0.1) is 0 Å². The second kappa shape index (κ2) is 13.7. The third kappa shape index (κ3) is 9.46. The molecule has 0 saturated carbocycles. The summed E-state index contributed by atoms with van der Waals surface area (Å²) in [4.78, 5) is 0. The van der Waals surface area contributed by atoms with Gasteiger partial charge in [-0.3, -0.25) is 0 Å². The molecular formula is C16H16Cl4MgO. The molecule has 0 amide bonds. The van der Waals surface area contributed by atoms with Gasteiger partial charge in [0.25, 0.3) is 0 Å². The van der Waals surface area contributed by atoms with Crippen molar-refractivity contribution in [2.45, 2.75) is 24.0 Å². The van der Waals surface area contributed by atoms with Crippen molar-refractivity contribution >= 4 is 46.3 Å². The van der Waals surface area contributed by atoms with Crippen LogP contribution in [0.25, 0.3) is 0 Å². The van der Waals surface area contributed by atoms with Gasteiger partial charge in [-0.1, -0.05) is 83.9 Å². The van der Waals surface area contributed by atoms with Gasteiger partial charge in [-0.25, -0.2) is 0 Å². The molecule has 1 nitrogen and oxygen atoms in total. The Morgan fingerprint density at radius 3 is 1.32 bits per heavy atom. The summed E-state index contributed by atoms with van der Waals surface area (Å²) >= 11 is 12.3. The maximum absolute atomic E-state index is 6.17. The van der Waals surface area contributed by atoms with Crippen LogP contribution in [-0.2, 0) is 17.6 Å². The van der Waals surface area contributed by atoms with E-state index in [1.165, 1.54) is 0 Å². The molecule has 0 aliphatic rings. The van der Waals surface area contributed by atoms with Gasteiger partial charge in [0.15, 0.2) is 0 Å². The molecule has 0 heterocycles. The minimum atomic E-state index is -0.409. The van der Waals surface area contributed by atoms with Crippen molar-refractivity contribution in [3.05, 3.63) is 71.8 Å². The van der Waals surface area contributed by atoms with Crippen molar-refractivity contribution in [1.29, 1.82) is 0 Å². The van der Waals surface area contributed by atoms with Gasteiger partial charge < -0.3 is 29.6 Å². The molecule has 2 aromatic rings. The van der Waals surface area contributed by atoms with E-state index in [0.717, 1.165) is 11.1 Å². The second-order valence-corrected chi connectivity index (χ2v) is 5.31. The largest absolute Gasteiger partial charge is 2.00 e. The van der Waals surface area contributed by atoms with E-state index in [9.17, 15) is 0 Å². The van der Waals surface area contributed by atoms with Crippen molar-refractivity contribution in [3.63, 3.8) is 0 Å². The molecule has 22 heavy (non-hydrogen) atoms. The molecule has 0 fully saturated rings. The number of hydrogen-bond donors (Lipinski definition) is 0. The van der Waals surface area contributed by atoms with E-state index in [1.54, 1.807) is 0 Å². The van der Waals surface area contributed by atoms with Crippen LogP contribution in [0.3, 0.4) is 0 Å². The van der Waals surface area contributed by atoms with Crippen molar-refractivity contribution in [2.24, 2.45) is 0 Å². The minimum Gasteiger partial charge on any atom is -1.00 e. The Morgan fingerprint density at radius 2 is 1.00 bits per heavy atom. The first-order valence-corrected chi connectivity index (χ1v) is 7.13. The number of alkyl halides is 2. The van der Waals surface area contributed by atoms with Crippen LogP contribution in [0.5, 0.6) is 0 Å². The molecule has 6 heteroatoms. The van der Waals surface area contributed by atoms with Gasteiger partial charge in [0.1, 0.15) is 11.1 Å². The molecule has 0 radical (unpaired) electrons. The zero-order chi connectivity index (χ0) is 13.5. The van der Waals surface area contributed by atoms with E-state index in [1.807, 2.05) is 60.7 Å². The number of rotatable bonds is 6. The molecule has 0 N–H and O–H groups in total. The van der Waals surface area contributed by atoms with Gasteiger partial charge in [-0.15, -0.1) is 0 Å². The number of hydrogen-bond acceptors (Lipinski definition) is 1. The number of ether oxygens (including phenoxy) is 1. The van der Waals surface area contributed by atoms with Crippen molar-refractivity contribution in [2.75, 3.05) is 0 Å². The predicted octanol–water partition coefficient (Wildman–Crippen LogP) is -1.75. The van der Waals surface area contributed by atoms with Crippen LogP contribution in [0.2, 0.25) is 0 Å². The van der Waals surface area contributed by atoms with E-state index in [0.29, 0.717) is 12.8 Å². The Balaban J connectivity index is 0. The van der Waals surface area contributed by atoms with Crippen molar-refractivity contribution < 1.29 is 29.6 Å². The van der Waals surface area contributed by atoms with Gasteiger partial charge in [-0.05, 0) is 11.1 Å². The van der Waals surface area contributed by atoms with Crippen LogP contribution in [-0.4, -0.2) is 34.2 Å². The average molecular weight is 390 g/mol. The van der Waals surface area contributed by atoms with Crippen molar-refractivity contribution in [1.82, 2.24) is 0 Å². The molecule has 116 valence electrons. The summed E-state index contributed by atoms with van der Waals surface area (Å²) in [5.74, 6) is 0. The average Bonchev–Trinajstić information content (AvgIpc) is 2.40. The van der Waals surface area contributed by atoms with Crippen LogP contribution in [0.4, 0.5) is 0 Å². The van der Waals surface area contributed by atoms with Gasteiger partial charge in [-0.2, -0.15) is 0 Å². The number of benzene rings is 2. The Morgan fingerprint density at radius 1 is 0.682 bits per heavy atom. The molecule has 0 saturated heterocycles. The first-order valence-electron chi connectivity index (χ1n) is 6.25. The quantitative estimate of drug-likeness (QED) is 0.420. The van der Waals surface area contributed by atoms with E-state index in [-0.39, 0.29) is 47.9 Å². The first-order chi connectivity index (χ1) is 9.24. The molecular weight excluding hydrogens is 374 g/mol. The summed E-state index contributed by atoms with van der Waals surface area (Å²) in [6, 6.07) is 20.0. The van der Waals surface area contributed by atoms with Gasteiger partial charge >= 0.3 is 23.1 Å². The molecule has 2 aromatic carbocycles. The molecule has 2 atom stereocenters. The fraction of sp³-hybridized carbons (Fsp3) is 0.250. The van der Waals surface area contributed by atoms with Crippen LogP contribution in [0.1, 0.15) is 11.1 Å². The molecule has 0 aliphatic carbocycles. The standard InChI is InChI=1S/C16H16Cl2O.2ClH.Mg/c17-15(11-13-7-3-1-4-8-13)19-16(18)12-14-9-5-2-6-10-14;;;/h1-10,15-16H,11-12H2;2*1H;/q;;;+2/p-2.